The normalized spacial score (nSPS) is 10.8. The van der Waals surface area contributed by atoms with Gasteiger partial charge in [0.1, 0.15) is 11.5 Å². The minimum Gasteiger partial charge on any atom is -0.508 e. The molecule has 0 saturated heterocycles. The lowest BCUT2D eigenvalue weighted by atomic mass is 10.0. The molecule has 0 saturated carbocycles. The molecule has 0 heterocycles. The zero-order chi connectivity index (χ0) is 10.6. The number of benzene rings is 1. The molecule has 0 bridgehead atoms. The highest BCUT2D eigenvalue weighted by molar-refractivity contribution is 5.38. The van der Waals surface area contributed by atoms with Crippen LogP contribution in [0.4, 0.5) is 0 Å². The van der Waals surface area contributed by atoms with E-state index in [2.05, 4.69) is 13.8 Å². The molecule has 1 rings (SSSR count). The van der Waals surface area contributed by atoms with Crippen molar-refractivity contribution in [3.05, 3.63) is 23.8 Å². The van der Waals surface area contributed by atoms with Crippen molar-refractivity contribution in [3.8, 4) is 11.5 Å². The molecule has 0 fully saturated rings. The Morgan fingerprint density at radius 2 is 1.93 bits per heavy atom. The molecular formula is C12H18O2. The molecule has 2 N–H and O–H groups in total. The van der Waals surface area contributed by atoms with Crippen LogP contribution in [0.2, 0.25) is 0 Å². The van der Waals surface area contributed by atoms with Gasteiger partial charge in [0.25, 0.3) is 0 Å². The standard InChI is InChI=1S/C12H18O2/c1-9(2)4-3-5-10-8-11(13)6-7-12(10)14/h6-9,13-14H,3-5H2,1-2H3. The van der Waals surface area contributed by atoms with Gasteiger partial charge in [0.05, 0.1) is 0 Å². The van der Waals surface area contributed by atoms with Gasteiger partial charge in [-0.1, -0.05) is 20.3 Å². The average molecular weight is 194 g/mol. The molecule has 78 valence electrons. The van der Waals surface area contributed by atoms with Gasteiger partial charge in [-0.3, -0.25) is 0 Å². The second-order valence-corrected chi connectivity index (χ2v) is 4.10. The SMILES string of the molecule is CC(C)CCCc1cc(O)ccc1O. The highest BCUT2D eigenvalue weighted by atomic mass is 16.3. The van der Waals surface area contributed by atoms with Crippen LogP contribution in [-0.2, 0) is 6.42 Å². The quantitative estimate of drug-likeness (QED) is 0.723. The fourth-order valence-corrected chi connectivity index (χ4v) is 1.47. The lowest BCUT2D eigenvalue weighted by molar-refractivity contribution is 0.451. The first-order chi connectivity index (χ1) is 6.59. The first-order valence-corrected chi connectivity index (χ1v) is 5.10. The topological polar surface area (TPSA) is 40.5 Å². The van der Waals surface area contributed by atoms with Crippen molar-refractivity contribution in [2.24, 2.45) is 5.92 Å². The van der Waals surface area contributed by atoms with Crippen LogP contribution in [0.5, 0.6) is 11.5 Å². The van der Waals surface area contributed by atoms with Gasteiger partial charge < -0.3 is 10.2 Å². The Bertz CT molecular complexity index is 292. The monoisotopic (exact) mass is 194 g/mol. The molecule has 0 aromatic heterocycles. The van der Waals surface area contributed by atoms with Crippen LogP contribution < -0.4 is 0 Å². The Labute approximate surface area is 85.2 Å². The number of rotatable bonds is 4. The molecule has 0 radical (unpaired) electrons. The molecule has 0 atom stereocenters. The Morgan fingerprint density at radius 3 is 2.57 bits per heavy atom. The molecule has 1 aromatic rings. The maximum absolute atomic E-state index is 9.49. The van der Waals surface area contributed by atoms with Crippen LogP contribution >= 0.6 is 0 Å². The summed E-state index contributed by atoms with van der Waals surface area (Å²) in [7, 11) is 0. The average Bonchev–Trinajstić information content (AvgIpc) is 2.10. The Kier molecular flexibility index (Phi) is 3.81. The summed E-state index contributed by atoms with van der Waals surface area (Å²) in [4.78, 5) is 0. The third-order valence-corrected chi connectivity index (χ3v) is 2.29. The van der Waals surface area contributed by atoms with Gasteiger partial charge in [-0.2, -0.15) is 0 Å². The fraction of sp³-hybridized carbons (Fsp3) is 0.500. The molecule has 14 heavy (non-hydrogen) atoms. The molecular weight excluding hydrogens is 176 g/mol. The summed E-state index contributed by atoms with van der Waals surface area (Å²) < 4.78 is 0. The van der Waals surface area contributed by atoms with E-state index in [1.165, 1.54) is 6.07 Å². The van der Waals surface area contributed by atoms with Crippen molar-refractivity contribution < 1.29 is 10.2 Å². The van der Waals surface area contributed by atoms with E-state index in [-0.39, 0.29) is 11.5 Å². The third-order valence-electron chi connectivity index (χ3n) is 2.29. The van der Waals surface area contributed by atoms with Gasteiger partial charge >= 0.3 is 0 Å². The first kappa shape index (κ1) is 10.9. The van der Waals surface area contributed by atoms with E-state index in [1.54, 1.807) is 12.1 Å². The zero-order valence-corrected chi connectivity index (χ0v) is 8.83. The van der Waals surface area contributed by atoms with Gasteiger partial charge in [0.15, 0.2) is 0 Å². The van der Waals surface area contributed by atoms with Gasteiger partial charge in [-0.15, -0.1) is 0 Å². The molecule has 0 aliphatic carbocycles. The molecule has 0 unspecified atom stereocenters. The minimum absolute atomic E-state index is 0.224. The largest absolute Gasteiger partial charge is 0.508 e. The van der Waals surface area contributed by atoms with Crippen LogP contribution in [0.3, 0.4) is 0 Å². The fourth-order valence-electron chi connectivity index (χ4n) is 1.47. The zero-order valence-electron chi connectivity index (χ0n) is 8.83. The molecule has 0 spiro atoms. The summed E-state index contributed by atoms with van der Waals surface area (Å²) in [6.07, 6.45) is 3.03. The van der Waals surface area contributed by atoms with Crippen LogP contribution in [0.25, 0.3) is 0 Å². The van der Waals surface area contributed by atoms with Crippen molar-refractivity contribution in [3.63, 3.8) is 0 Å². The number of aromatic hydroxyl groups is 2. The van der Waals surface area contributed by atoms with E-state index in [4.69, 9.17) is 0 Å². The summed E-state index contributed by atoms with van der Waals surface area (Å²) >= 11 is 0. The lowest BCUT2D eigenvalue weighted by Crippen LogP contribution is -1.91. The van der Waals surface area contributed by atoms with Crippen molar-refractivity contribution >= 4 is 0 Å². The number of hydrogen-bond donors (Lipinski definition) is 2. The van der Waals surface area contributed by atoms with Crippen molar-refractivity contribution in [1.82, 2.24) is 0 Å². The van der Waals surface area contributed by atoms with Crippen LogP contribution in [-0.4, -0.2) is 10.2 Å². The molecule has 1 aromatic carbocycles. The molecule has 0 aliphatic heterocycles. The van der Waals surface area contributed by atoms with Crippen LogP contribution in [0, 0.1) is 5.92 Å². The molecule has 2 heteroatoms. The van der Waals surface area contributed by atoms with E-state index in [0.717, 1.165) is 24.8 Å². The van der Waals surface area contributed by atoms with E-state index in [1.807, 2.05) is 0 Å². The van der Waals surface area contributed by atoms with Gasteiger partial charge in [-0.25, -0.2) is 0 Å². The Balaban J connectivity index is 2.53. The van der Waals surface area contributed by atoms with Gasteiger partial charge in [-0.05, 0) is 42.5 Å². The summed E-state index contributed by atoms with van der Waals surface area (Å²) in [6, 6.07) is 4.68. The second-order valence-electron chi connectivity index (χ2n) is 4.10. The maximum Gasteiger partial charge on any atom is 0.119 e. The van der Waals surface area contributed by atoms with E-state index < -0.39 is 0 Å². The highest BCUT2D eigenvalue weighted by Crippen LogP contribution is 2.24. The molecule has 2 nitrogen and oxygen atoms in total. The van der Waals surface area contributed by atoms with E-state index >= 15 is 0 Å². The number of aryl methyl sites for hydroxylation is 1. The van der Waals surface area contributed by atoms with Crippen molar-refractivity contribution in [2.45, 2.75) is 33.1 Å². The second kappa shape index (κ2) is 4.89. The van der Waals surface area contributed by atoms with Gasteiger partial charge in [0, 0.05) is 0 Å². The molecule has 0 aliphatic rings. The van der Waals surface area contributed by atoms with Crippen molar-refractivity contribution in [1.29, 1.82) is 0 Å². The predicted octanol–water partition coefficient (Wildman–Crippen LogP) is 3.08. The summed E-state index contributed by atoms with van der Waals surface area (Å²) in [5.41, 5.74) is 0.839. The summed E-state index contributed by atoms with van der Waals surface area (Å²) in [6.45, 7) is 4.37. The Hall–Kier alpha value is -1.18. The third kappa shape index (κ3) is 3.29. The van der Waals surface area contributed by atoms with Gasteiger partial charge in [0.2, 0.25) is 0 Å². The summed E-state index contributed by atoms with van der Waals surface area (Å²) in [5.74, 6) is 1.20. The smallest absolute Gasteiger partial charge is 0.119 e. The number of hydrogen-bond acceptors (Lipinski definition) is 2. The molecule has 0 amide bonds. The van der Waals surface area contributed by atoms with Crippen LogP contribution in [0.15, 0.2) is 18.2 Å². The summed E-state index contributed by atoms with van der Waals surface area (Å²) in [5, 5.41) is 18.7. The van der Waals surface area contributed by atoms with Crippen LogP contribution in [0.1, 0.15) is 32.3 Å². The van der Waals surface area contributed by atoms with E-state index in [9.17, 15) is 10.2 Å². The number of phenols is 2. The minimum atomic E-state index is 0.224. The number of phenolic OH excluding ortho intramolecular Hbond substituents is 2. The maximum atomic E-state index is 9.49. The Morgan fingerprint density at radius 1 is 1.21 bits per heavy atom. The van der Waals surface area contributed by atoms with E-state index in [0.29, 0.717) is 5.92 Å². The van der Waals surface area contributed by atoms with Crippen molar-refractivity contribution in [2.75, 3.05) is 0 Å². The highest BCUT2D eigenvalue weighted by Gasteiger charge is 2.02. The predicted molar refractivity (Wildman–Crippen MR) is 57.5 cm³/mol. The lowest BCUT2D eigenvalue weighted by Gasteiger charge is -2.06. The first-order valence-electron chi connectivity index (χ1n) is 5.10.